The van der Waals surface area contributed by atoms with Crippen molar-refractivity contribution < 1.29 is 19.4 Å². The van der Waals surface area contributed by atoms with Gasteiger partial charge in [0.2, 0.25) is 5.91 Å². The number of methoxy groups -OCH3 is 1. The van der Waals surface area contributed by atoms with E-state index in [0.717, 1.165) is 16.5 Å². The SMILES string of the molecule is COc1ccc(C(=O)N[C@H](CO)c2nnc(SCC(=O)Nc3ccc4ccccc4c3)n2C)cc1. The van der Waals surface area contributed by atoms with Gasteiger partial charge in [-0.15, -0.1) is 10.2 Å². The molecule has 1 heterocycles. The Morgan fingerprint density at radius 1 is 1.06 bits per heavy atom. The predicted molar refractivity (Wildman–Crippen MR) is 135 cm³/mol. The van der Waals surface area contributed by atoms with Crippen molar-refractivity contribution in [1.82, 2.24) is 20.1 Å². The lowest BCUT2D eigenvalue weighted by Gasteiger charge is -2.16. The largest absolute Gasteiger partial charge is 0.497 e. The fraction of sp³-hybridized carbons (Fsp3) is 0.200. The van der Waals surface area contributed by atoms with Crippen LogP contribution in [0.5, 0.6) is 5.75 Å². The number of nitrogens with one attached hydrogen (secondary N) is 2. The maximum atomic E-state index is 12.6. The van der Waals surface area contributed by atoms with Gasteiger partial charge in [-0.25, -0.2) is 0 Å². The van der Waals surface area contributed by atoms with Gasteiger partial charge >= 0.3 is 0 Å². The highest BCUT2D eigenvalue weighted by Gasteiger charge is 2.22. The average molecular weight is 492 g/mol. The fourth-order valence-corrected chi connectivity index (χ4v) is 4.24. The third-order valence-corrected chi connectivity index (χ3v) is 6.41. The Bertz CT molecular complexity index is 1340. The van der Waals surface area contributed by atoms with E-state index in [9.17, 15) is 14.7 Å². The zero-order valence-electron chi connectivity index (χ0n) is 19.3. The molecular weight excluding hydrogens is 466 g/mol. The van der Waals surface area contributed by atoms with Crippen LogP contribution in [-0.2, 0) is 11.8 Å². The zero-order chi connectivity index (χ0) is 24.8. The Morgan fingerprint density at radius 2 is 1.80 bits per heavy atom. The Balaban J connectivity index is 1.36. The first-order valence-electron chi connectivity index (χ1n) is 10.8. The number of aliphatic hydroxyl groups is 1. The van der Waals surface area contributed by atoms with E-state index in [2.05, 4.69) is 20.8 Å². The lowest BCUT2D eigenvalue weighted by molar-refractivity contribution is -0.113. The molecule has 1 aromatic heterocycles. The second-order valence-corrected chi connectivity index (χ2v) is 8.68. The van der Waals surface area contributed by atoms with Crippen LogP contribution in [0.2, 0.25) is 0 Å². The van der Waals surface area contributed by atoms with Gasteiger partial charge in [0.15, 0.2) is 11.0 Å². The van der Waals surface area contributed by atoms with Gasteiger partial charge < -0.3 is 25.0 Å². The highest BCUT2D eigenvalue weighted by molar-refractivity contribution is 7.99. The number of hydrogen-bond acceptors (Lipinski definition) is 7. The summed E-state index contributed by atoms with van der Waals surface area (Å²) in [6.07, 6.45) is 0. The van der Waals surface area contributed by atoms with E-state index in [1.807, 2.05) is 42.5 Å². The smallest absolute Gasteiger partial charge is 0.251 e. The van der Waals surface area contributed by atoms with Crippen molar-refractivity contribution in [2.45, 2.75) is 11.2 Å². The van der Waals surface area contributed by atoms with Crippen LogP contribution in [0.15, 0.2) is 71.9 Å². The number of carbonyl (C=O) groups excluding carboxylic acids is 2. The topological polar surface area (TPSA) is 118 Å². The van der Waals surface area contributed by atoms with Crippen LogP contribution in [0.25, 0.3) is 10.8 Å². The molecular formula is C25H25N5O4S. The number of amides is 2. The summed E-state index contributed by atoms with van der Waals surface area (Å²) in [5.41, 5.74) is 1.14. The first kappa shape index (κ1) is 24.2. The summed E-state index contributed by atoms with van der Waals surface area (Å²) >= 11 is 1.22. The Morgan fingerprint density at radius 3 is 2.51 bits per heavy atom. The summed E-state index contributed by atoms with van der Waals surface area (Å²) in [4.78, 5) is 25.1. The average Bonchev–Trinajstić information content (AvgIpc) is 3.25. The van der Waals surface area contributed by atoms with Crippen molar-refractivity contribution >= 4 is 40.0 Å². The summed E-state index contributed by atoms with van der Waals surface area (Å²) in [7, 11) is 3.27. The van der Waals surface area contributed by atoms with E-state index in [0.29, 0.717) is 22.3 Å². The molecule has 4 aromatic rings. The van der Waals surface area contributed by atoms with Crippen molar-refractivity contribution in [1.29, 1.82) is 0 Å². The number of ether oxygens (including phenoxy) is 1. The zero-order valence-corrected chi connectivity index (χ0v) is 20.1. The molecule has 3 N–H and O–H groups in total. The molecule has 180 valence electrons. The number of fused-ring (bicyclic) bond motifs is 1. The minimum atomic E-state index is -0.761. The van der Waals surface area contributed by atoms with E-state index in [1.165, 1.54) is 11.8 Å². The van der Waals surface area contributed by atoms with Crippen molar-refractivity contribution in [3.63, 3.8) is 0 Å². The molecule has 4 rings (SSSR count). The number of rotatable bonds is 9. The monoisotopic (exact) mass is 491 g/mol. The molecule has 0 aliphatic carbocycles. The maximum Gasteiger partial charge on any atom is 0.251 e. The molecule has 0 unspecified atom stereocenters. The summed E-state index contributed by atoms with van der Waals surface area (Å²) in [5, 5.41) is 26.4. The van der Waals surface area contributed by atoms with Crippen molar-refractivity contribution in [2.24, 2.45) is 7.05 Å². The molecule has 2 amide bonds. The molecule has 0 aliphatic heterocycles. The van der Waals surface area contributed by atoms with Crippen LogP contribution in [-0.4, -0.2) is 51.2 Å². The van der Waals surface area contributed by atoms with Gasteiger partial charge in [0.25, 0.3) is 5.91 Å². The maximum absolute atomic E-state index is 12.6. The molecule has 0 spiro atoms. The van der Waals surface area contributed by atoms with Crippen molar-refractivity contribution in [2.75, 3.05) is 24.8 Å². The quantitative estimate of drug-likeness (QED) is 0.308. The van der Waals surface area contributed by atoms with Crippen molar-refractivity contribution in [3.8, 4) is 5.75 Å². The summed E-state index contributed by atoms with van der Waals surface area (Å²) < 4.78 is 6.76. The Labute approximate surface area is 206 Å². The van der Waals surface area contributed by atoms with Gasteiger partial charge in [-0.3, -0.25) is 9.59 Å². The lowest BCUT2D eigenvalue weighted by Crippen LogP contribution is -2.32. The standard InChI is InChI=1S/C25H25N5O4S/c1-30-23(21(14-31)27-24(33)17-8-11-20(34-2)12-9-17)28-29-25(30)35-15-22(32)26-19-10-7-16-5-3-4-6-18(16)13-19/h3-13,21,31H,14-15H2,1-2H3,(H,26,32)(H,27,33)/t21-/m1/s1. The third kappa shape index (κ3) is 5.79. The van der Waals surface area contributed by atoms with E-state index in [4.69, 9.17) is 4.74 Å². The molecule has 0 fully saturated rings. The second kappa shape index (κ2) is 11.0. The van der Waals surface area contributed by atoms with Gasteiger partial charge in [0, 0.05) is 18.3 Å². The molecule has 3 aromatic carbocycles. The van der Waals surface area contributed by atoms with E-state index in [1.54, 1.807) is 43.0 Å². The number of aliphatic hydroxyl groups excluding tert-OH is 1. The fourth-order valence-electron chi connectivity index (χ4n) is 3.53. The summed E-state index contributed by atoms with van der Waals surface area (Å²) in [6, 6.07) is 19.6. The Hall–Kier alpha value is -3.89. The molecule has 0 bridgehead atoms. The molecule has 0 aliphatic rings. The summed E-state index contributed by atoms with van der Waals surface area (Å²) in [6.45, 7) is -0.360. The van der Waals surface area contributed by atoms with Crippen LogP contribution in [0.3, 0.4) is 0 Å². The minimum Gasteiger partial charge on any atom is -0.497 e. The number of carbonyl (C=O) groups is 2. The van der Waals surface area contributed by atoms with E-state index < -0.39 is 6.04 Å². The number of aromatic nitrogens is 3. The normalized spacial score (nSPS) is 11.7. The highest BCUT2D eigenvalue weighted by Crippen LogP contribution is 2.22. The van der Waals surface area contributed by atoms with Gasteiger partial charge in [-0.05, 0) is 47.2 Å². The number of hydrogen-bond donors (Lipinski definition) is 3. The number of thioether (sulfide) groups is 1. The predicted octanol–water partition coefficient (Wildman–Crippen LogP) is 3.17. The second-order valence-electron chi connectivity index (χ2n) is 7.74. The molecule has 1 atom stereocenters. The van der Waals surface area contributed by atoms with Gasteiger partial charge in [0.1, 0.15) is 11.8 Å². The van der Waals surface area contributed by atoms with Gasteiger partial charge in [-0.1, -0.05) is 42.1 Å². The molecule has 35 heavy (non-hydrogen) atoms. The van der Waals surface area contributed by atoms with Crippen molar-refractivity contribution in [3.05, 3.63) is 78.1 Å². The Kier molecular flexibility index (Phi) is 7.64. The van der Waals surface area contributed by atoms with E-state index >= 15 is 0 Å². The van der Waals surface area contributed by atoms with Crippen LogP contribution in [0.1, 0.15) is 22.2 Å². The summed E-state index contributed by atoms with van der Waals surface area (Å²) in [5.74, 6) is 0.604. The molecule has 9 nitrogen and oxygen atoms in total. The van der Waals surface area contributed by atoms with Crippen LogP contribution >= 0.6 is 11.8 Å². The number of benzene rings is 3. The van der Waals surface area contributed by atoms with Crippen LogP contribution < -0.4 is 15.4 Å². The molecule has 0 saturated heterocycles. The van der Waals surface area contributed by atoms with Crippen LogP contribution in [0.4, 0.5) is 5.69 Å². The molecule has 0 saturated carbocycles. The lowest BCUT2D eigenvalue weighted by atomic mass is 10.1. The molecule has 0 radical (unpaired) electrons. The number of nitrogens with zero attached hydrogens (tertiary/aromatic N) is 3. The first-order chi connectivity index (χ1) is 17.0. The molecule has 10 heteroatoms. The van der Waals surface area contributed by atoms with Crippen LogP contribution in [0, 0.1) is 0 Å². The number of anilines is 1. The van der Waals surface area contributed by atoms with E-state index in [-0.39, 0.29) is 24.2 Å². The third-order valence-electron chi connectivity index (χ3n) is 5.39. The van der Waals surface area contributed by atoms with Gasteiger partial charge in [-0.2, -0.15) is 0 Å². The highest BCUT2D eigenvalue weighted by atomic mass is 32.2. The first-order valence-corrected chi connectivity index (χ1v) is 11.8. The minimum absolute atomic E-state index is 0.126. The van der Waals surface area contributed by atoms with Gasteiger partial charge in [0.05, 0.1) is 19.5 Å².